The van der Waals surface area contributed by atoms with E-state index in [0.29, 0.717) is 12.1 Å². The molecule has 3 aromatic rings. The lowest BCUT2D eigenvalue weighted by Crippen LogP contribution is -2.17. The second-order valence-corrected chi connectivity index (χ2v) is 6.62. The molecule has 2 atom stereocenters. The highest BCUT2D eigenvalue weighted by atomic mass is 19.4. The van der Waals surface area contributed by atoms with E-state index in [0.717, 1.165) is 29.3 Å². The lowest BCUT2D eigenvalue weighted by atomic mass is 9.99. The zero-order valence-electron chi connectivity index (χ0n) is 13.3. The number of H-pyrrole nitrogens is 1. The molecule has 132 valence electrons. The molecule has 2 unspecified atom stereocenters. The summed E-state index contributed by atoms with van der Waals surface area (Å²) in [7, 11) is 0. The Hall–Kier alpha value is -2.45. The summed E-state index contributed by atoms with van der Waals surface area (Å²) in [5.74, 6) is -0.759. The van der Waals surface area contributed by atoms with Gasteiger partial charge in [-0.1, -0.05) is 0 Å². The number of alkyl halides is 3. The SMILES string of the molecule is O=C(CC1CCC(n2[nH]nc3cnc4nccc4c32)C1)CC(F)(F)F. The Morgan fingerprint density at radius 3 is 2.96 bits per heavy atom. The molecule has 9 heteroatoms. The van der Waals surface area contributed by atoms with Crippen LogP contribution in [0.1, 0.15) is 38.1 Å². The van der Waals surface area contributed by atoms with Crippen LogP contribution in [-0.2, 0) is 4.79 Å². The second-order valence-electron chi connectivity index (χ2n) is 6.62. The van der Waals surface area contributed by atoms with E-state index in [1.807, 2.05) is 10.7 Å². The summed E-state index contributed by atoms with van der Waals surface area (Å²) in [6, 6.07) is 1.95. The van der Waals surface area contributed by atoms with E-state index in [2.05, 4.69) is 20.3 Å². The molecule has 1 saturated carbocycles. The van der Waals surface area contributed by atoms with Crippen LogP contribution in [0.5, 0.6) is 0 Å². The fourth-order valence-electron chi connectivity index (χ4n) is 3.78. The van der Waals surface area contributed by atoms with Crippen LogP contribution < -0.4 is 0 Å². The standard InChI is InChI=1S/C16H16F3N5O/c17-16(18,19)7-11(25)6-9-1-2-10(5-9)24-14-12-3-4-20-15(12)21-8-13(14)22-23-24/h3-4,8-10,23H,1-2,5-7H2. The van der Waals surface area contributed by atoms with E-state index in [-0.39, 0.29) is 18.4 Å². The number of nitrogens with zero attached hydrogens (tertiary/aromatic N) is 4. The third-order valence-electron chi connectivity index (χ3n) is 4.80. The van der Waals surface area contributed by atoms with Crippen molar-refractivity contribution in [3.05, 3.63) is 18.5 Å². The number of aromatic amines is 1. The maximum Gasteiger partial charge on any atom is 0.395 e. The fraction of sp³-hybridized carbons (Fsp3) is 0.500. The third kappa shape index (κ3) is 3.10. The van der Waals surface area contributed by atoms with Crippen molar-refractivity contribution < 1.29 is 18.0 Å². The number of rotatable bonds is 4. The predicted molar refractivity (Wildman–Crippen MR) is 83.9 cm³/mol. The van der Waals surface area contributed by atoms with E-state index in [1.54, 1.807) is 12.4 Å². The van der Waals surface area contributed by atoms with E-state index >= 15 is 0 Å². The molecule has 3 heterocycles. The van der Waals surface area contributed by atoms with Gasteiger partial charge in [-0.3, -0.25) is 9.48 Å². The molecule has 0 radical (unpaired) electrons. The van der Waals surface area contributed by atoms with Gasteiger partial charge in [-0.05, 0) is 31.2 Å². The Bertz CT molecular complexity index is 929. The summed E-state index contributed by atoms with van der Waals surface area (Å²) < 4.78 is 38.9. The lowest BCUT2D eigenvalue weighted by molar-refractivity contribution is -0.152. The molecule has 3 aromatic heterocycles. The summed E-state index contributed by atoms with van der Waals surface area (Å²) >= 11 is 0. The number of Topliss-reactive ketones (excluding diaryl/α,β-unsaturated/α-hetero) is 1. The zero-order valence-corrected chi connectivity index (χ0v) is 13.3. The minimum absolute atomic E-state index is 0.0163. The highest BCUT2D eigenvalue weighted by Gasteiger charge is 2.34. The molecule has 1 N–H and O–H groups in total. The molecule has 25 heavy (non-hydrogen) atoms. The van der Waals surface area contributed by atoms with Gasteiger partial charge in [0.2, 0.25) is 0 Å². The van der Waals surface area contributed by atoms with Gasteiger partial charge < -0.3 is 0 Å². The van der Waals surface area contributed by atoms with Crippen LogP contribution in [-0.4, -0.2) is 36.9 Å². The number of ketones is 1. The van der Waals surface area contributed by atoms with Crippen molar-refractivity contribution >= 4 is 27.9 Å². The van der Waals surface area contributed by atoms with Crippen molar-refractivity contribution in [2.75, 3.05) is 0 Å². The van der Waals surface area contributed by atoms with Crippen molar-refractivity contribution in [2.45, 2.75) is 44.3 Å². The van der Waals surface area contributed by atoms with E-state index in [9.17, 15) is 18.0 Å². The number of halogens is 3. The summed E-state index contributed by atoms with van der Waals surface area (Å²) in [5, 5.41) is 8.13. The first-order chi connectivity index (χ1) is 11.9. The Morgan fingerprint density at radius 2 is 2.16 bits per heavy atom. The van der Waals surface area contributed by atoms with Crippen LogP contribution >= 0.6 is 0 Å². The van der Waals surface area contributed by atoms with Crippen LogP contribution in [0.25, 0.3) is 22.1 Å². The molecule has 6 nitrogen and oxygen atoms in total. The number of hydrogen-bond donors (Lipinski definition) is 1. The largest absolute Gasteiger partial charge is 0.395 e. The van der Waals surface area contributed by atoms with Gasteiger partial charge in [-0.2, -0.15) is 18.3 Å². The summed E-state index contributed by atoms with van der Waals surface area (Å²) in [4.78, 5) is 20.0. The van der Waals surface area contributed by atoms with Crippen molar-refractivity contribution in [1.29, 1.82) is 0 Å². The maximum absolute atomic E-state index is 12.3. The number of nitrogens with one attached hydrogen (secondary N) is 1. The number of fused-ring (bicyclic) bond motifs is 3. The lowest BCUT2D eigenvalue weighted by Gasteiger charge is -2.14. The van der Waals surface area contributed by atoms with Gasteiger partial charge >= 0.3 is 6.18 Å². The van der Waals surface area contributed by atoms with E-state index in [1.165, 1.54) is 0 Å². The Labute approximate surface area is 140 Å². The van der Waals surface area contributed by atoms with Gasteiger partial charge in [-0.25, -0.2) is 15.2 Å². The zero-order chi connectivity index (χ0) is 17.6. The topological polar surface area (TPSA) is 76.5 Å². The van der Waals surface area contributed by atoms with Crippen molar-refractivity contribution in [1.82, 2.24) is 25.0 Å². The number of carbonyl (C=O) groups is 1. The number of pyridine rings is 1. The second kappa shape index (κ2) is 5.82. The highest BCUT2D eigenvalue weighted by molar-refractivity contribution is 6.00. The molecule has 0 spiro atoms. The van der Waals surface area contributed by atoms with Crippen LogP contribution in [0.4, 0.5) is 13.2 Å². The van der Waals surface area contributed by atoms with Gasteiger partial charge in [-0.15, -0.1) is 0 Å². The number of aromatic nitrogens is 5. The Kier molecular flexibility index (Phi) is 3.73. The molecule has 1 fully saturated rings. The summed E-state index contributed by atoms with van der Waals surface area (Å²) in [6.45, 7) is 0. The van der Waals surface area contributed by atoms with Crippen LogP contribution in [0.3, 0.4) is 0 Å². The first kappa shape index (κ1) is 16.0. The summed E-state index contributed by atoms with van der Waals surface area (Å²) in [5.41, 5.74) is 2.25. The normalized spacial score (nSPS) is 21.4. The molecular weight excluding hydrogens is 335 g/mol. The maximum atomic E-state index is 12.3. The van der Waals surface area contributed by atoms with Crippen molar-refractivity contribution in [2.24, 2.45) is 5.92 Å². The molecular formula is C16H16F3N5O. The van der Waals surface area contributed by atoms with Crippen LogP contribution in [0.2, 0.25) is 0 Å². The smallest absolute Gasteiger partial charge is 0.299 e. The monoisotopic (exact) mass is 351 g/mol. The molecule has 0 amide bonds. The Morgan fingerprint density at radius 1 is 1.32 bits per heavy atom. The quantitative estimate of drug-likeness (QED) is 0.780. The minimum atomic E-state index is -4.42. The average molecular weight is 351 g/mol. The van der Waals surface area contributed by atoms with Gasteiger partial charge in [0.1, 0.15) is 17.7 Å². The molecule has 1 aliphatic carbocycles. The summed E-state index contributed by atoms with van der Waals surface area (Å²) in [6.07, 6.45) is -0.258. The van der Waals surface area contributed by atoms with Crippen molar-refractivity contribution in [3.63, 3.8) is 0 Å². The van der Waals surface area contributed by atoms with Gasteiger partial charge in [0, 0.05) is 18.0 Å². The van der Waals surface area contributed by atoms with E-state index < -0.39 is 18.4 Å². The van der Waals surface area contributed by atoms with Gasteiger partial charge in [0.15, 0.2) is 5.65 Å². The number of hydrogen-bond acceptors (Lipinski definition) is 4. The van der Waals surface area contributed by atoms with Crippen LogP contribution in [0.15, 0.2) is 18.5 Å². The first-order valence-corrected chi connectivity index (χ1v) is 8.15. The first-order valence-electron chi connectivity index (χ1n) is 8.15. The molecule has 4 rings (SSSR count). The van der Waals surface area contributed by atoms with E-state index in [4.69, 9.17) is 0 Å². The predicted octanol–water partition coefficient (Wildman–Crippen LogP) is 3.56. The van der Waals surface area contributed by atoms with Gasteiger partial charge in [0.25, 0.3) is 0 Å². The third-order valence-corrected chi connectivity index (χ3v) is 4.80. The molecule has 0 aliphatic heterocycles. The fourth-order valence-corrected chi connectivity index (χ4v) is 3.78. The molecule has 1 aliphatic rings. The highest BCUT2D eigenvalue weighted by Crippen LogP contribution is 2.39. The van der Waals surface area contributed by atoms with Crippen molar-refractivity contribution in [3.8, 4) is 0 Å². The Balaban J connectivity index is 1.53. The molecule has 0 aromatic carbocycles. The average Bonchev–Trinajstić information content (AvgIpc) is 3.22. The molecule has 0 bridgehead atoms. The van der Waals surface area contributed by atoms with Crippen LogP contribution in [0, 0.1) is 5.92 Å². The van der Waals surface area contributed by atoms with Gasteiger partial charge in [0.05, 0.1) is 17.8 Å². The minimum Gasteiger partial charge on any atom is -0.299 e. The molecule has 0 saturated heterocycles. The number of carbonyl (C=O) groups excluding carboxylic acids is 1.